The first-order chi connectivity index (χ1) is 14.4. The molecule has 1 aliphatic heterocycles. The van der Waals surface area contributed by atoms with Gasteiger partial charge in [0.2, 0.25) is 0 Å². The number of aromatic nitrogens is 1. The lowest BCUT2D eigenvalue weighted by Crippen LogP contribution is -2.43. The lowest BCUT2D eigenvalue weighted by atomic mass is 10.2. The predicted molar refractivity (Wildman–Crippen MR) is 112 cm³/mol. The van der Waals surface area contributed by atoms with Gasteiger partial charge in [-0.2, -0.15) is 0 Å². The molecule has 31 heavy (non-hydrogen) atoms. The van der Waals surface area contributed by atoms with Crippen LogP contribution in [0.15, 0.2) is 30.3 Å². The van der Waals surface area contributed by atoms with E-state index in [0.29, 0.717) is 45.0 Å². The number of benzene rings is 2. The summed E-state index contributed by atoms with van der Waals surface area (Å²) in [5.41, 5.74) is -0.399. The van der Waals surface area contributed by atoms with Gasteiger partial charge in [0.1, 0.15) is 23.0 Å². The van der Waals surface area contributed by atoms with Crippen LogP contribution in [0.1, 0.15) is 10.4 Å². The Morgan fingerprint density at radius 3 is 2.48 bits per heavy atom. The molecule has 1 aromatic heterocycles. The van der Waals surface area contributed by atoms with Crippen molar-refractivity contribution in [1.82, 2.24) is 9.88 Å². The Balaban J connectivity index is 0.00000272. The second-order valence-electron chi connectivity index (χ2n) is 6.77. The van der Waals surface area contributed by atoms with Crippen molar-refractivity contribution >= 4 is 45.0 Å². The minimum absolute atomic E-state index is 0. The van der Waals surface area contributed by atoms with E-state index in [-0.39, 0.29) is 39.9 Å². The number of fused-ring (bicyclic) bond motifs is 1. The van der Waals surface area contributed by atoms with Gasteiger partial charge in [-0.3, -0.25) is 14.6 Å². The summed E-state index contributed by atoms with van der Waals surface area (Å²) in [5.74, 6) is -4.15. The molecule has 11 heteroatoms. The van der Waals surface area contributed by atoms with Crippen LogP contribution < -0.4 is 4.90 Å². The fourth-order valence-corrected chi connectivity index (χ4v) is 4.25. The highest BCUT2D eigenvalue weighted by atomic mass is 35.5. The van der Waals surface area contributed by atoms with Crippen LogP contribution in [0.2, 0.25) is 0 Å². The highest BCUT2D eigenvalue weighted by Gasteiger charge is 2.26. The average Bonchev–Trinajstić information content (AvgIpc) is 3.13. The monoisotopic (exact) mass is 475 g/mol. The van der Waals surface area contributed by atoms with Crippen molar-refractivity contribution in [3.63, 3.8) is 0 Å². The number of carbonyl (C=O) groups excluding carboxylic acids is 1. The molecule has 3 aromatic rings. The first-order valence-corrected chi connectivity index (χ1v) is 10.1. The Hall–Kier alpha value is -2.27. The number of amides is 1. The van der Waals surface area contributed by atoms with Gasteiger partial charge >= 0.3 is 0 Å². The van der Waals surface area contributed by atoms with Crippen molar-refractivity contribution in [2.45, 2.75) is 0 Å². The quantitative estimate of drug-likeness (QED) is 0.517. The minimum Gasteiger partial charge on any atom is -0.379 e. The number of thiazole rings is 1. The van der Waals surface area contributed by atoms with Crippen molar-refractivity contribution in [3.8, 4) is 0 Å². The van der Waals surface area contributed by atoms with E-state index in [4.69, 9.17) is 4.74 Å². The normalized spacial score (nSPS) is 14.5. The van der Waals surface area contributed by atoms with E-state index in [1.165, 1.54) is 4.90 Å². The van der Waals surface area contributed by atoms with Gasteiger partial charge in [-0.25, -0.2) is 22.5 Å². The van der Waals surface area contributed by atoms with E-state index in [2.05, 4.69) is 9.88 Å². The van der Waals surface area contributed by atoms with Gasteiger partial charge in [-0.05, 0) is 18.2 Å². The Morgan fingerprint density at radius 2 is 1.77 bits per heavy atom. The van der Waals surface area contributed by atoms with Gasteiger partial charge in [-0.1, -0.05) is 11.3 Å². The van der Waals surface area contributed by atoms with Crippen LogP contribution in [0.5, 0.6) is 0 Å². The number of halogens is 5. The molecule has 5 nitrogen and oxygen atoms in total. The fraction of sp³-hybridized carbons (Fsp3) is 0.300. The van der Waals surface area contributed by atoms with Crippen LogP contribution >= 0.6 is 23.7 Å². The third kappa shape index (κ3) is 5.15. The molecule has 0 aliphatic carbocycles. The number of carbonyl (C=O) groups is 1. The Bertz CT molecular complexity index is 1090. The van der Waals surface area contributed by atoms with Crippen molar-refractivity contribution in [2.24, 2.45) is 0 Å². The zero-order chi connectivity index (χ0) is 21.3. The zero-order valence-electron chi connectivity index (χ0n) is 16.1. The number of rotatable bonds is 5. The summed E-state index contributed by atoms with van der Waals surface area (Å²) in [7, 11) is 0. The number of hydrogen-bond donors (Lipinski definition) is 0. The van der Waals surface area contributed by atoms with Crippen molar-refractivity contribution in [2.75, 3.05) is 44.3 Å². The molecule has 0 bridgehead atoms. The summed E-state index contributed by atoms with van der Waals surface area (Å²) in [6, 6.07) is 4.51. The molecule has 1 amide bonds. The molecule has 0 radical (unpaired) electrons. The van der Waals surface area contributed by atoms with E-state index >= 15 is 0 Å². The summed E-state index contributed by atoms with van der Waals surface area (Å²) >= 11 is 0.927. The van der Waals surface area contributed by atoms with Gasteiger partial charge in [0.05, 0.1) is 23.5 Å². The summed E-state index contributed by atoms with van der Waals surface area (Å²) in [5, 5.41) is 0.108. The van der Waals surface area contributed by atoms with E-state index in [1.54, 1.807) is 0 Å². The maximum Gasteiger partial charge on any atom is 0.263 e. The second kappa shape index (κ2) is 9.90. The number of morpholine rings is 1. The summed E-state index contributed by atoms with van der Waals surface area (Å²) in [6.45, 7) is 3.06. The van der Waals surface area contributed by atoms with Crippen molar-refractivity contribution < 1.29 is 27.1 Å². The van der Waals surface area contributed by atoms with E-state index < -0.39 is 29.2 Å². The summed E-state index contributed by atoms with van der Waals surface area (Å²) in [4.78, 5) is 20.5. The highest BCUT2D eigenvalue weighted by Crippen LogP contribution is 2.32. The number of ether oxygens (including phenoxy) is 1. The van der Waals surface area contributed by atoms with Crippen molar-refractivity contribution in [3.05, 3.63) is 59.2 Å². The predicted octanol–water partition coefficient (Wildman–Crippen LogP) is 4.25. The molecule has 4 rings (SSSR count). The van der Waals surface area contributed by atoms with Gasteiger partial charge in [0, 0.05) is 38.3 Å². The molecule has 1 saturated heterocycles. The van der Waals surface area contributed by atoms with Crippen molar-refractivity contribution in [1.29, 1.82) is 0 Å². The third-order valence-electron chi connectivity index (χ3n) is 4.78. The van der Waals surface area contributed by atoms with Crippen LogP contribution in [0, 0.1) is 23.3 Å². The van der Waals surface area contributed by atoms with Gasteiger partial charge < -0.3 is 4.74 Å². The van der Waals surface area contributed by atoms with Gasteiger partial charge in [0.15, 0.2) is 10.9 Å². The lowest BCUT2D eigenvalue weighted by Gasteiger charge is -2.29. The SMILES string of the molecule is Cl.O=C(c1ccc(F)cc1F)N(CCN1CCOCC1)c1nc2c(F)cc(F)cc2s1. The molecule has 2 aromatic carbocycles. The van der Waals surface area contributed by atoms with Gasteiger partial charge in [0.25, 0.3) is 5.91 Å². The Kier molecular flexibility index (Phi) is 7.47. The zero-order valence-corrected chi connectivity index (χ0v) is 17.7. The molecule has 0 atom stereocenters. The molecule has 0 saturated carbocycles. The molecule has 166 valence electrons. The minimum atomic E-state index is -1.00. The van der Waals surface area contributed by atoms with Crippen LogP contribution in [0.25, 0.3) is 10.2 Å². The average molecular weight is 476 g/mol. The largest absolute Gasteiger partial charge is 0.379 e. The van der Waals surface area contributed by atoms with Crippen LogP contribution in [0.4, 0.5) is 22.7 Å². The first kappa shape index (κ1) is 23.4. The van der Waals surface area contributed by atoms with Crippen LogP contribution in [-0.4, -0.2) is 55.2 Å². The molecular weight excluding hydrogens is 458 g/mol. The second-order valence-corrected chi connectivity index (χ2v) is 7.77. The molecule has 0 spiro atoms. The number of nitrogens with zero attached hydrogens (tertiary/aromatic N) is 3. The molecule has 1 fully saturated rings. The number of anilines is 1. The van der Waals surface area contributed by atoms with E-state index in [0.717, 1.165) is 29.5 Å². The topological polar surface area (TPSA) is 45.7 Å². The molecule has 0 unspecified atom stereocenters. The van der Waals surface area contributed by atoms with E-state index in [9.17, 15) is 22.4 Å². The fourth-order valence-electron chi connectivity index (χ4n) is 3.22. The highest BCUT2D eigenvalue weighted by molar-refractivity contribution is 7.22. The smallest absolute Gasteiger partial charge is 0.263 e. The lowest BCUT2D eigenvalue weighted by molar-refractivity contribution is 0.0391. The Labute approximate surface area is 185 Å². The standard InChI is InChI=1S/C20H17F4N3O2S.ClH/c21-12-1-2-14(15(23)9-12)19(28)27(4-3-26-5-7-29-8-6-26)20-25-18-16(24)10-13(22)11-17(18)30-20;/h1-2,9-11H,3-8H2;1H. The van der Waals surface area contributed by atoms with E-state index in [1.807, 2.05) is 0 Å². The maximum absolute atomic E-state index is 14.3. The Morgan fingerprint density at radius 1 is 1.06 bits per heavy atom. The molecule has 2 heterocycles. The molecule has 0 N–H and O–H groups in total. The van der Waals surface area contributed by atoms with Crippen LogP contribution in [-0.2, 0) is 4.74 Å². The summed E-state index contributed by atoms with van der Waals surface area (Å²) < 4.78 is 60.7. The molecule has 1 aliphatic rings. The third-order valence-corrected chi connectivity index (χ3v) is 5.81. The number of hydrogen-bond acceptors (Lipinski definition) is 5. The van der Waals surface area contributed by atoms with Crippen LogP contribution in [0.3, 0.4) is 0 Å². The molecular formula is C20H18ClF4N3O2S. The summed E-state index contributed by atoms with van der Waals surface area (Å²) in [6.07, 6.45) is 0. The maximum atomic E-state index is 14.3. The first-order valence-electron chi connectivity index (χ1n) is 9.25. The van der Waals surface area contributed by atoms with Gasteiger partial charge in [-0.15, -0.1) is 12.4 Å².